The summed E-state index contributed by atoms with van der Waals surface area (Å²) in [6.45, 7) is 0. The minimum Gasteiger partial charge on any atom is -0.497 e. The van der Waals surface area contributed by atoms with Crippen molar-refractivity contribution in [3.05, 3.63) is 47.0 Å². The first-order valence-corrected chi connectivity index (χ1v) is 12.1. The molecule has 2 aromatic rings. The molecule has 0 aliphatic carbocycles. The number of nitrogens with one attached hydrogen (secondary N) is 3. The number of anilines is 2. The molecule has 32 heavy (non-hydrogen) atoms. The fourth-order valence-electron chi connectivity index (χ4n) is 4.61. The van der Waals surface area contributed by atoms with E-state index in [9.17, 15) is 9.59 Å². The Morgan fingerprint density at radius 1 is 1.25 bits per heavy atom. The molecule has 1 spiro atoms. The molecule has 9 heteroatoms. The van der Waals surface area contributed by atoms with E-state index in [1.165, 1.54) is 7.11 Å². The molecule has 7 nitrogen and oxygen atoms in total. The number of halogens is 1. The molecule has 2 aliphatic heterocycles. The van der Waals surface area contributed by atoms with Crippen molar-refractivity contribution in [1.29, 1.82) is 0 Å². The molecule has 2 heterocycles. The fourth-order valence-corrected chi connectivity index (χ4v) is 5.30. The molecular formula is C23H26ClN3O4S. The average molecular weight is 476 g/mol. The third-order valence-electron chi connectivity index (χ3n) is 6.14. The maximum Gasteiger partial charge on any atom is 0.250 e. The average Bonchev–Trinajstić information content (AvgIpc) is 3.31. The van der Waals surface area contributed by atoms with Crippen LogP contribution in [0.2, 0.25) is 5.02 Å². The summed E-state index contributed by atoms with van der Waals surface area (Å²) in [4.78, 5) is 27.0. The number of amides is 2. The lowest BCUT2D eigenvalue weighted by Crippen LogP contribution is -2.52. The fraction of sp³-hybridized carbons (Fsp3) is 0.391. The first kappa shape index (κ1) is 22.8. The van der Waals surface area contributed by atoms with Gasteiger partial charge >= 0.3 is 0 Å². The monoisotopic (exact) mass is 475 g/mol. The highest BCUT2D eigenvalue weighted by Crippen LogP contribution is 2.48. The number of carbonyl (C=O) groups is 2. The topological polar surface area (TPSA) is 88.7 Å². The van der Waals surface area contributed by atoms with Crippen LogP contribution in [0.3, 0.4) is 0 Å². The summed E-state index contributed by atoms with van der Waals surface area (Å²) >= 11 is 8.02. The van der Waals surface area contributed by atoms with Crippen LogP contribution in [-0.2, 0) is 15.1 Å². The molecule has 1 saturated heterocycles. The summed E-state index contributed by atoms with van der Waals surface area (Å²) in [5.74, 6) is 0.893. The lowest BCUT2D eigenvalue weighted by Gasteiger charge is -2.29. The number of fused-ring (bicyclic) bond motifs is 2. The first-order valence-electron chi connectivity index (χ1n) is 10.3. The molecule has 4 rings (SSSR count). The van der Waals surface area contributed by atoms with Gasteiger partial charge in [-0.25, -0.2) is 0 Å². The van der Waals surface area contributed by atoms with E-state index in [0.29, 0.717) is 39.9 Å². The third kappa shape index (κ3) is 3.91. The molecule has 0 saturated carbocycles. The molecule has 1 fully saturated rings. The second-order valence-corrected chi connectivity index (χ2v) is 9.34. The molecule has 2 amide bonds. The Morgan fingerprint density at radius 3 is 2.78 bits per heavy atom. The van der Waals surface area contributed by atoms with Gasteiger partial charge in [-0.3, -0.25) is 14.9 Å². The summed E-state index contributed by atoms with van der Waals surface area (Å²) in [6.07, 6.45) is 3.41. The zero-order valence-corrected chi connectivity index (χ0v) is 19.7. The molecule has 0 bridgehead atoms. The van der Waals surface area contributed by atoms with Gasteiger partial charge < -0.3 is 20.1 Å². The van der Waals surface area contributed by atoms with Crippen LogP contribution < -0.4 is 25.4 Å². The number of rotatable bonds is 7. The van der Waals surface area contributed by atoms with E-state index >= 15 is 0 Å². The number of carbonyl (C=O) groups excluding carboxylic acids is 2. The van der Waals surface area contributed by atoms with Crippen molar-refractivity contribution in [2.45, 2.75) is 24.4 Å². The normalized spacial score (nSPS) is 23.7. The Morgan fingerprint density at radius 2 is 2.06 bits per heavy atom. The van der Waals surface area contributed by atoms with Gasteiger partial charge in [0.2, 0.25) is 11.8 Å². The van der Waals surface area contributed by atoms with E-state index in [0.717, 1.165) is 12.2 Å². The van der Waals surface area contributed by atoms with Crippen LogP contribution in [0.25, 0.3) is 0 Å². The van der Waals surface area contributed by atoms with Crippen LogP contribution in [0.1, 0.15) is 18.4 Å². The van der Waals surface area contributed by atoms with E-state index in [1.807, 2.05) is 6.26 Å². The van der Waals surface area contributed by atoms with Crippen LogP contribution in [0.15, 0.2) is 36.4 Å². The van der Waals surface area contributed by atoms with Gasteiger partial charge in [-0.1, -0.05) is 11.6 Å². The second kappa shape index (κ2) is 9.21. The van der Waals surface area contributed by atoms with Crippen LogP contribution in [-0.4, -0.2) is 44.1 Å². The molecule has 3 N–H and O–H groups in total. The van der Waals surface area contributed by atoms with Crippen LogP contribution in [0.4, 0.5) is 11.4 Å². The summed E-state index contributed by atoms with van der Waals surface area (Å²) in [7, 11) is 3.10. The molecule has 0 radical (unpaired) electrons. The van der Waals surface area contributed by atoms with Gasteiger partial charge in [0.25, 0.3) is 0 Å². The van der Waals surface area contributed by atoms with Gasteiger partial charge in [0.05, 0.1) is 25.8 Å². The minimum absolute atomic E-state index is 0.0149. The molecule has 3 unspecified atom stereocenters. The molecule has 3 atom stereocenters. The molecule has 0 aromatic heterocycles. The van der Waals surface area contributed by atoms with E-state index in [4.69, 9.17) is 21.1 Å². The molecular weight excluding hydrogens is 450 g/mol. The van der Waals surface area contributed by atoms with Gasteiger partial charge in [-0.05, 0) is 55.2 Å². The van der Waals surface area contributed by atoms with Crippen LogP contribution in [0, 0.1) is 5.92 Å². The molecule has 170 valence electrons. The number of thioether (sulfide) groups is 1. The highest BCUT2D eigenvalue weighted by molar-refractivity contribution is 7.98. The lowest BCUT2D eigenvalue weighted by atomic mass is 9.79. The second-order valence-electron chi connectivity index (χ2n) is 7.92. The Kier molecular flexibility index (Phi) is 6.55. The number of benzene rings is 2. The third-order valence-corrected chi connectivity index (χ3v) is 7.02. The van der Waals surface area contributed by atoms with E-state index < -0.39 is 11.5 Å². The zero-order chi connectivity index (χ0) is 22.9. The summed E-state index contributed by atoms with van der Waals surface area (Å²) in [6, 6.07) is 10.5. The first-order chi connectivity index (χ1) is 15.4. The quantitative estimate of drug-likeness (QED) is 0.563. The number of methoxy groups -OCH3 is 2. The molecule has 2 aliphatic rings. The number of hydrogen-bond acceptors (Lipinski definition) is 6. The van der Waals surface area contributed by atoms with Crippen molar-refractivity contribution in [3.63, 3.8) is 0 Å². The highest BCUT2D eigenvalue weighted by Gasteiger charge is 2.60. The Bertz CT molecular complexity index is 1050. The Hall–Kier alpha value is -2.42. The predicted octanol–water partition coefficient (Wildman–Crippen LogP) is 3.87. The van der Waals surface area contributed by atoms with Gasteiger partial charge in [-0.15, -0.1) is 0 Å². The predicted molar refractivity (Wildman–Crippen MR) is 128 cm³/mol. The standard InChI is InChI=1S/C23H26ClN3O4S/c1-30-15-5-7-20(31-2)19(12-15)25-21(28)17-11-14(8-9-32-3)27-23(17)16-10-13(24)4-6-18(16)26-22(23)29/h4-7,10,12,14,17,27H,8-9,11H2,1-3H3,(H,25,28)(H,26,29). The van der Waals surface area contributed by atoms with Crippen molar-refractivity contribution in [3.8, 4) is 11.5 Å². The summed E-state index contributed by atoms with van der Waals surface area (Å²) in [5, 5.41) is 9.92. The summed E-state index contributed by atoms with van der Waals surface area (Å²) < 4.78 is 10.7. The zero-order valence-electron chi connectivity index (χ0n) is 18.2. The van der Waals surface area contributed by atoms with E-state index in [1.54, 1.807) is 55.3 Å². The largest absolute Gasteiger partial charge is 0.497 e. The lowest BCUT2D eigenvalue weighted by molar-refractivity contribution is -0.130. The van der Waals surface area contributed by atoms with Crippen molar-refractivity contribution in [2.24, 2.45) is 5.92 Å². The van der Waals surface area contributed by atoms with E-state index in [-0.39, 0.29) is 17.9 Å². The van der Waals surface area contributed by atoms with Gasteiger partial charge in [-0.2, -0.15) is 11.8 Å². The number of ether oxygens (including phenoxy) is 2. The maximum absolute atomic E-state index is 13.6. The van der Waals surface area contributed by atoms with Gasteiger partial charge in [0.15, 0.2) is 0 Å². The minimum atomic E-state index is -1.18. The van der Waals surface area contributed by atoms with Gasteiger partial charge in [0.1, 0.15) is 17.0 Å². The summed E-state index contributed by atoms with van der Waals surface area (Å²) in [5.41, 5.74) is 0.692. The SMILES string of the molecule is COc1ccc(OC)c(NC(=O)C2CC(CCSC)NC23C(=O)Nc2ccc(Cl)cc23)c1. The smallest absolute Gasteiger partial charge is 0.250 e. The maximum atomic E-state index is 13.6. The van der Waals surface area contributed by atoms with Crippen molar-refractivity contribution < 1.29 is 19.1 Å². The van der Waals surface area contributed by atoms with Crippen LogP contribution >= 0.6 is 23.4 Å². The van der Waals surface area contributed by atoms with Crippen molar-refractivity contribution in [2.75, 3.05) is 36.9 Å². The van der Waals surface area contributed by atoms with Crippen LogP contribution in [0.5, 0.6) is 11.5 Å². The van der Waals surface area contributed by atoms with Crippen molar-refractivity contribution >= 4 is 46.6 Å². The Labute approximate surface area is 196 Å². The van der Waals surface area contributed by atoms with Gasteiger partial charge in [0, 0.05) is 28.4 Å². The highest BCUT2D eigenvalue weighted by atomic mass is 35.5. The Balaban J connectivity index is 1.72. The number of hydrogen-bond donors (Lipinski definition) is 3. The van der Waals surface area contributed by atoms with Crippen molar-refractivity contribution in [1.82, 2.24) is 5.32 Å². The molecule has 2 aromatic carbocycles. The van der Waals surface area contributed by atoms with E-state index in [2.05, 4.69) is 16.0 Å².